The highest BCUT2D eigenvalue weighted by molar-refractivity contribution is 5.85. The summed E-state index contributed by atoms with van der Waals surface area (Å²) in [5.41, 5.74) is -0.845. The van der Waals surface area contributed by atoms with Gasteiger partial charge in [0.05, 0.1) is 6.07 Å². The van der Waals surface area contributed by atoms with E-state index in [0.29, 0.717) is 12.8 Å². The number of hydrogen-bond donors (Lipinski definition) is 1. The lowest BCUT2D eigenvalue weighted by molar-refractivity contribution is -0.140. The van der Waals surface area contributed by atoms with Gasteiger partial charge in [-0.3, -0.25) is 4.79 Å². The summed E-state index contributed by atoms with van der Waals surface area (Å²) >= 11 is 0. The molecule has 1 N–H and O–H groups in total. The maximum absolute atomic E-state index is 12.6. The minimum atomic E-state index is -0.845. The van der Waals surface area contributed by atoms with Gasteiger partial charge in [0.2, 0.25) is 5.91 Å². The standard InChI is InChI=1S/C14H24N2O2/c1-3-14(4-2,11-15)13(18)16-9-5-7-12(16)8-6-10-17/h12,17H,3-10H2,1-2H3. The van der Waals surface area contributed by atoms with E-state index >= 15 is 0 Å². The molecule has 18 heavy (non-hydrogen) atoms. The molecule has 1 unspecified atom stereocenters. The van der Waals surface area contributed by atoms with Crippen LogP contribution in [-0.2, 0) is 4.79 Å². The van der Waals surface area contributed by atoms with Gasteiger partial charge in [-0.25, -0.2) is 0 Å². The molecule has 1 fully saturated rings. The summed E-state index contributed by atoms with van der Waals surface area (Å²) in [6, 6.07) is 2.45. The molecule has 102 valence electrons. The van der Waals surface area contributed by atoms with Crippen LogP contribution < -0.4 is 0 Å². The van der Waals surface area contributed by atoms with Crippen molar-refractivity contribution in [1.82, 2.24) is 4.90 Å². The molecular formula is C14H24N2O2. The van der Waals surface area contributed by atoms with Gasteiger partial charge in [0, 0.05) is 19.2 Å². The van der Waals surface area contributed by atoms with Crippen LogP contribution >= 0.6 is 0 Å². The molecule has 4 nitrogen and oxygen atoms in total. The van der Waals surface area contributed by atoms with Crippen LogP contribution in [0.1, 0.15) is 52.4 Å². The third-order valence-electron chi connectivity index (χ3n) is 4.16. The van der Waals surface area contributed by atoms with Gasteiger partial charge in [-0.2, -0.15) is 5.26 Å². The maximum atomic E-state index is 12.6. The van der Waals surface area contributed by atoms with Crippen LogP contribution in [0.2, 0.25) is 0 Å². The van der Waals surface area contributed by atoms with Crippen molar-refractivity contribution in [1.29, 1.82) is 5.26 Å². The van der Waals surface area contributed by atoms with Crippen LogP contribution in [0, 0.1) is 16.7 Å². The Bertz CT molecular complexity index is 318. The van der Waals surface area contributed by atoms with Crippen molar-refractivity contribution >= 4 is 5.91 Å². The Labute approximate surface area is 110 Å². The first-order valence-electron chi connectivity index (χ1n) is 6.98. The van der Waals surface area contributed by atoms with E-state index in [1.807, 2.05) is 18.7 Å². The van der Waals surface area contributed by atoms with Crippen molar-refractivity contribution in [3.63, 3.8) is 0 Å². The lowest BCUT2D eigenvalue weighted by Crippen LogP contribution is -2.45. The molecule has 1 aliphatic heterocycles. The molecule has 0 spiro atoms. The highest BCUT2D eigenvalue weighted by Crippen LogP contribution is 2.32. The van der Waals surface area contributed by atoms with Gasteiger partial charge in [0.1, 0.15) is 5.41 Å². The summed E-state index contributed by atoms with van der Waals surface area (Å²) in [6.45, 7) is 4.74. The summed E-state index contributed by atoms with van der Waals surface area (Å²) < 4.78 is 0. The third kappa shape index (κ3) is 2.84. The first-order valence-corrected chi connectivity index (χ1v) is 6.98. The fourth-order valence-corrected chi connectivity index (χ4v) is 2.76. The summed E-state index contributed by atoms with van der Waals surface area (Å²) in [6.07, 6.45) is 4.73. The second-order valence-electron chi connectivity index (χ2n) is 5.06. The van der Waals surface area contributed by atoms with Gasteiger partial charge in [-0.15, -0.1) is 0 Å². The van der Waals surface area contributed by atoms with E-state index in [0.717, 1.165) is 32.2 Å². The Balaban J connectivity index is 2.78. The minimum absolute atomic E-state index is 0.00422. The minimum Gasteiger partial charge on any atom is -0.396 e. The molecule has 1 rings (SSSR count). The predicted octanol–water partition coefficient (Wildman–Crippen LogP) is 2.08. The molecule has 0 bridgehead atoms. The van der Waals surface area contributed by atoms with E-state index < -0.39 is 5.41 Å². The molecular weight excluding hydrogens is 228 g/mol. The zero-order chi connectivity index (χ0) is 13.6. The number of carbonyl (C=O) groups excluding carboxylic acids is 1. The Hall–Kier alpha value is -1.08. The van der Waals surface area contributed by atoms with Crippen LogP contribution in [0.5, 0.6) is 0 Å². The van der Waals surface area contributed by atoms with Gasteiger partial charge in [0.25, 0.3) is 0 Å². The van der Waals surface area contributed by atoms with Crippen LogP contribution in [-0.4, -0.2) is 35.1 Å². The molecule has 1 atom stereocenters. The summed E-state index contributed by atoms with van der Waals surface area (Å²) in [5.74, 6) is -0.00422. The molecule has 1 saturated heterocycles. The van der Waals surface area contributed by atoms with Crippen LogP contribution in [0.15, 0.2) is 0 Å². The van der Waals surface area contributed by atoms with E-state index in [4.69, 9.17) is 5.11 Å². The lowest BCUT2D eigenvalue weighted by atomic mass is 9.82. The Morgan fingerprint density at radius 3 is 2.67 bits per heavy atom. The predicted molar refractivity (Wildman–Crippen MR) is 69.7 cm³/mol. The molecule has 1 aliphatic rings. The monoisotopic (exact) mass is 252 g/mol. The molecule has 1 heterocycles. The van der Waals surface area contributed by atoms with Crippen molar-refractivity contribution in [2.24, 2.45) is 5.41 Å². The average Bonchev–Trinajstić information content (AvgIpc) is 2.87. The van der Waals surface area contributed by atoms with Crippen molar-refractivity contribution in [2.45, 2.75) is 58.4 Å². The Morgan fingerprint density at radius 2 is 2.17 bits per heavy atom. The topological polar surface area (TPSA) is 64.3 Å². The molecule has 1 amide bonds. The number of likely N-dealkylation sites (tertiary alicyclic amines) is 1. The normalized spacial score (nSPS) is 19.9. The molecule has 4 heteroatoms. The van der Waals surface area contributed by atoms with Crippen LogP contribution in [0.25, 0.3) is 0 Å². The van der Waals surface area contributed by atoms with E-state index in [2.05, 4.69) is 6.07 Å². The SMILES string of the molecule is CCC(C#N)(CC)C(=O)N1CCCC1CCCO. The average molecular weight is 252 g/mol. The van der Waals surface area contributed by atoms with Gasteiger partial charge < -0.3 is 10.0 Å². The van der Waals surface area contributed by atoms with Gasteiger partial charge >= 0.3 is 0 Å². The fraction of sp³-hybridized carbons (Fsp3) is 0.857. The van der Waals surface area contributed by atoms with E-state index in [-0.39, 0.29) is 18.6 Å². The summed E-state index contributed by atoms with van der Waals surface area (Å²) in [5, 5.41) is 18.2. The molecule has 0 radical (unpaired) electrons. The van der Waals surface area contributed by atoms with Gasteiger partial charge in [-0.1, -0.05) is 13.8 Å². The number of hydrogen-bond acceptors (Lipinski definition) is 3. The van der Waals surface area contributed by atoms with Crippen LogP contribution in [0.3, 0.4) is 0 Å². The van der Waals surface area contributed by atoms with E-state index in [1.165, 1.54) is 0 Å². The second-order valence-corrected chi connectivity index (χ2v) is 5.06. The number of carbonyl (C=O) groups is 1. The quantitative estimate of drug-likeness (QED) is 0.787. The Morgan fingerprint density at radius 1 is 1.50 bits per heavy atom. The van der Waals surface area contributed by atoms with E-state index in [1.54, 1.807) is 0 Å². The smallest absolute Gasteiger partial charge is 0.243 e. The molecule has 0 aliphatic carbocycles. The molecule has 0 saturated carbocycles. The highest BCUT2D eigenvalue weighted by atomic mass is 16.3. The zero-order valence-electron chi connectivity index (χ0n) is 11.5. The molecule has 0 aromatic heterocycles. The number of rotatable bonds is 6. The number of nitriles is 1. The van der Waals surface area contributed by atoms with Crippen molar-refractivity contribution in [3.05, 3.63) is 0 Å². The van der Waals surface area contributed by atoms with Crippen molar-refractivity contribution < 1.29 is 9.90 Å². The first-order chi connectivity index (χ1) is 8.65. The van der Waals surface area contributed by atoms with Crippen LogP contribution in [0.4, 0.5) is 0 Å². The van der Waals surface area contributed by atoms with Gasteiger partial charge in [-0.05, 0) is 38.5 Å². The maximum Gasteiger partial charge on any atom is 0.243 e. The lowest BCUT2D eigenvalue weighted by Gasteiger charge is -2.32. The Kier molecular flexibility index (Phi) is 5.61. The first kappa shape index (κ1) is 15.0. The van der Waals surface area contributed by atoms with Crippen molar-refractivity contribution in [3.8, 4) is 6.07 Å². The number of aliphatic hydroxyl groups is 1. The number of amides is 1. The summed E-state index contributed by atoms with van der Waals surface area (Å²) in [4.78, 5) is 14.5. The third-order valence-corrected chi connectivity index (χ3v) is 4.16. The molecule has 0 aromatic rings. The zero-order valence-corrected chi connectivity index (χ0v) is 11.5. The highest BCUT2D eigenvalue weighted by Gasteiger charge is 2.41. The number of aliphatic hydroxyl groups excluding tert-OH is 1. The largest absolute Gasteiger partial charge is 0.396 e. The second kappa shape index (κ2) is 6.75. The fourth-order valence-electron chi connectivity index (χ4n) is 2.76. The summed E-state index contributed by atoms with van der Waals surface area (Å²) in [7, 11) is 0. The van der Waals surface area contributed by atoms with Crippen molar-refractivity contribution in [2.75, 3.05) is 13.2 Å². The molecule has 0 aromatic carbocycles. The van der Waals surface area contributed by atoms with E-state index in [9.17, 15) is 10.1 Å². The number of nitrogens with zero attached hydrogens (tertiary/aromatic N) is 2. The van der Waals surface area contributed by atoms with Gasteiger partial charge in [0.15, 0.2) is 0 Å².